The quantitative estimate of drug-likeness (QED) is 0.735. The lowest BCUT2D eigenvalue weighted by atomic mass is 9.96. The van der Waals surface area contributed by atoms with Crippen LogP contribution in [0, 0.1) is 5.92 Å². The average molecular weight is 361 g/mol. The number of fused-ring (bicyclic) bond motifs is 1. The van der Waals surface area contributed by atoms with Crippen LogP contribution in [0.3, 0.4) is 0 Å². The molecule has 1 aliphatic heterocycles. The Balaban J connectivity index is 1.29. The van der Waals surface area contributed by atoms with Crippen molar-refractivity contribution in [3.63, 3.8) is 0 Å². The van der Waals surface area contributed by atoms with Crippen molar-refractivity contribution < 1.29 is 9.53 Å². The fraction of sp³-hybridized carbons (Fsp3) is 0.273. The van der Waals surface area contributed by atoms with E-state index in [2.05, 4.69) is 27.0 Å². The van der Waals surface area contributed by atoms with E-state index in [4.69, 9.17) is 4.74 Å². The second-order valence-corrected chi connectivity index (χ2v) is 6.82. The van der Waals surface area contributed by atoms with Crippen molar-refractivity contribution in [2.75, 3.05) is 13.2 Å². The third kappa shape index (κ3) is 4.19. The van der Waals surface area contributed by atoms with Crippen molar-refractivity contribution >= 4 is 5.91 Å². The fourth-order valence-electron chi connectivity index (χ4n) is 3.43. The maximum atomic E-state index is 12.5. The lowest BCUT2D eigenvalue weighted by Crippen LogP contribution is -2.38. The van der Waals surface area contributed by atoms with Gasteiger partial charge in [0.15, 0.2) is 0 Å². The average Bonchev–Trinajstić information content (AvgIpc) is 3.15. The van der Waals surface area contributed by atoms with Gasteiger partial charge in [0.1, 0.15) is 18.2 Å². The molecule has 1 aliphatic rings. The molecule has 1 amide bonds. The zero-order valence-corrected chi connectivity index (χ0v) is 15.2. The van der Waals surface area contributed by atoms with Gasteiger partial charge in [-0.15, -0.1) is 0 Å². The molecule has 0 spiro atoms. The standard InChI is InChI=1S/C22H23N3O2/c26-22(19-14-18-8-4-5-9-20(18)27-16-19)24-11-10-21-23-12-13-25(21)15-17-6-2-1-3-7-17/h1-9,12-13,19H,10-11,14-16H2,(H,24,26). The lowest BCUT2D eigenvalue weighted by Gasteiger charge is -2.24. The Hall–Kier alpha value is -3.08. The molecule has 0 bridgehead atoms. The molecule has 5 heteroatoms. The van der Waals surface area contributed by atoms with Crippen molar-refractivity contribution in [2.24, 2.45) is 5.92 Å². The predicted molar refractivity (Wildman–Crippen MR) is 104 cm³/mol. The topological polar surface area (TPSA) is 56.2 Å². The Morgan fingerprint density at radius 2 is 1.96 bits per heavy atom. The molecule has 1 aromatic heterocycles. The minimum atomic E-state index is -0.135. The monoisotopic (exact) mass is 361 g/mol. The number of benzene rings is 2. The van der Waals surface area contributed by atoms with Crippen molar-refractivity contribution in [3.8, 4) is 5.75 Å². The van der Waals surface area contributed by atoms with Crippen LogP contribution >= 0.6 is 0 Å². The number of carbonyl (C=O) groups excluding carboxylic acids is 1. The largest absolute Gasteiger partial charge is 0.492 e. The molecule has 1 atom stereocenters. The highest BCUT2D eigenvalue weighted by molar-refractivity contribution is 5.79. The number of rotatable bonds is 6. The Morgan fingerprint density at radius 1 is 1.15 bits per heavy atom. The van der Waals surface area contributed by atoms with Crippen LogP contribution in [-0.2, 0) is 24.2 Å². The maximum Gasteiger partial charge on any atom is 0.226 e. The van der Waals surface area contributed by atoms with E-state index >= 15 is 0 Å². The fourth-order valence-corrected chi connectivity index (χ4v) is 3.43. The third-order valence-corrected chi connectivity index (χ3v) is 4.90. The number of nitrogens with zero attached hydrogens (tertiary/aromatic N) is 2. The highest BCUT2D eigenvalue weighted by Crippen LogP contribution is 2.26. The molecule has 138 valence electrons. The minimum absolute atomic E-state index is 0.0469. The van der Waals surface area contributed by atoms with E-state index in [0.717, 1.165) is 30.1 Å². The van der Waals surface area contributed by atoms with E-state index in [1.165, 1.54) is 5.56 Å². The van der Waals surface area contributed by atoms with Gasteiger partial charge in [0.2, 0.25) is 5.91 Å². The minimum Gasteiger partial charge on any atom is -0.492 e. The van der Waals surface area contributed by atoms with Crippen LogP contribution in [-0.4, -0.2) is 28.6 Å². The summed E-state index contributed by atoms with van der Waals surface area (Å²) in [5.41, 5.74) is 2.33. The van der Waals surface area contributed by atoms with Gasteiger partial charge in [-0.25, -0.2) is 4.98 Å². The molecule has 0 saturated heterocycles. The van der Waals surface area contributed by atoms with Crippen molar-refractivity contribution in [2.45, 2.75) is 19.4 Å². The van der Waals surface area contributed by atoms with E-state index in [1.807, 2.05) is 54.9 Å². The first kappa shape index (κ1) is 17.3. The molecule has 1 N–H and O–H groups in total. The zero-order chi connectivity index (χ0) is 18.5. The Labute approximate surface area is 159 Å². The predicted octanol–water partition coefficient (Wildman–Crippen LogP) is 2.84. The van der Waals surface area contributed by atoms with E-state index in [9.17, 15) is 4.79 Å². The summed E-state index contributed by atoms with van der Waals surface area (Å²) >= 11 is 0. The number of para-hydroxylation sites is 1. The first-order chi connectivity index (χ1) is 13.3. The van der Waals surface area contributed by atoms with Crippen LogP contribution in [0.2, 0.25) is 0 Å². The molecule has 1 unspecified atom stereocenters. The number of ether oxygens (including phenoxy) is 1. The molecule has 0 radical (unpaired) electrons. The van der Waals surface area contributed by atoms with Gasteiger partial charge >= 0.3 is 0 Å². The van der Waals surface area contributed by atoms with Gasteiger partial charge in [-0.3, -0.25) is 4.79 Å². The molecule has 2 heterocycles. The molecule has 2 aromatic carbocycles. The molecular weight excluding hydrogens is 338 g/mol. The van der Waals surface area contributed by atoms with Crippen LogP contribution in [0.25, 0.3) is 0 Å². The first-order valence-corrected chi connectivity index (χ1v) is 9.32. The summed E-state index contributed by atoms with van der Waals surface area (Å²) in [5, 5.41) is 3.04. The van der Waals surface area contributed by atoms with E-state index in [-0.39, 0.29) is 11.8 Å². The highest BCUT2D eigenvalue weighted by Gasteiger charge is 2.25. The summed E-state index contributed by atoms with van der Waals surface area (Å²) in [4.78, 5) is 16.9. The van der Waals surface area contributed by atoms with Gasteiger partial charge in [0.05, 0.1) is 5.92 Å². The second kappa shape index (κ2) is 8.08. The van der Waals surface area contributed by atoms with Gasteiger partial charge in [-0.05, 0) is 23.6 Å². The smallest absolute Gasteiger partial charge is 0.226 e. The maximum absolute atomic E-state index is 12.5. The summed E-state index contributed by atoms with van der Waals surface area (Å²) in [6, 6.07) is 18.2. The third-order valence-electron chi connectivity index (χ3n) is 4.90. The molecule has 0 saturated carbocycles. The summed E-state index contributed by atoms with van der Waals surface area (Å²) in [6.45, 7) is 1.80. The second-order valence-electron chi connectivity index (χ2n) is 6.82. The van der Waals surface area contributed by atoms with E-state index < -0.39 is 0 Å². The van der Waals surface area contributed by atoms with Gasteiger partial charge in [-0.2, -0.15) is 0 Å². The number of amides is 1. The van der Waals surface area contributed by atoms with Crippen LogP contribution in [0.4, 0.5) is 0 Å². The van der Waals surface area contributed by atoms with Gasteiger partial charge in [-0.1, -0.05) is 48.5 Å². The molecule has 0 fully saturated rings. The SMILES string of the molecule is O=C(NCCc1nccn1Cc1ccccc1)C1COc2ccccc2C1. The number of hydrogen-bond donors (Lipinski definition) is 1. The Kier molecular flexibility index (Phi) is 5.19. The number of nitrogens with one attached hydrogen (secondary N) is 1. The van der Waals surface area contributed by atoms with Gasteiger partial charge in [0, 0.05) is 31.9 Å². The molecule has 0 aliphatic carbocycles. The van der Waals surface area contributed by atoms with Crippen molar-refractivity contribution in [1.29, 1.82) is 0 Å². The van der Waals surface area contributed by atoms with Crippen molar-refractivity contribution in [3.05, 3.63) is 83.9 Å². The Morgan fingerprint density at radius 3 is 2.85 bits per heavy atom. The molecular formula is C22H23N3O2. The Bertz CT molecular complexity index is 905. The van der Waals surface area contributed by atoms with Crippen LogP contribution in [0.1, 0.15) is 17.0 Å². The lowest BCUT2D eigenvalue weighted by molar-refractivity contribution is -0.126. The summed E-state index contributed by atoms with van der Waals surface area (Å²) in [7, 11) is 0. The molecule has 4 rings (SSSR count). The highest BCUT2D eigenvalue weighted by atomic mass is 16.5. The van der Waals surface area contributed by atoms with Gasteiger partial charge in [0.25, 0.3) is 0 Å². The summed E-state index contributed by atoms with van der Waals surface area (Å²) in [6.07, 6.45) is 5.22. The van der Waals surface area contributed by atoms with E-state index in [1.54, 1.807) is 0 Å². The molecule has 5 nitrogen and oxygen atoms in total. The van der Waals surface area contributed by atoms with Crippen LogP contribution < -0.4 is 10.1 Å². The number of carbonyl (C=O) groups is 1. The van der Waals surface area contributed by atoms with Gasteiger partial charge < -0.3 is 14.6 Å². The van der Waals surface area contributed by atoms with Crippen LogP contribution in [0.5, 0.6) is 5.75 Å². The normalized spacial score (nSPS) is 15.6. The van der Waals surface area contributed by atoms with Crippen molar-refractivity contribution in [1.82, 2.24) is 14.9 Å². The summed E-state index contributed by atoms with van der Waals surface area (Å²) in [5.74, 6) is 1.78. The zero-order valence-electron chi connectivity index (χ0n) is 15.2. The van der Waals surface area contributed by atoms with Crippen LogP contribution in [0.15, 0.2) is 67.0 Å². The number of hydrogen-bond acceptors (Lipinski definition) is 3. The first-order valence-electron chi connectivity index (χ1n) is 9.32. The molecule has 27 heavy (non-hydrogen) atoms. The number of imidazole rings is 1. The number of aromatic nitrogens is 2. The van der Waals surface area contributed by atoms with E-state index in [0.29, 0.717) is 19.6 Å². The molecule has 3 aromatic rings. The summed E-state index contributed by atoms with van der Waals surface area (Å²) < 4.78 is 7.84.